The third-order valence-corrected chi connectivity index (χ3v) is 9.89. The third-order valence-electron chi connectivity index (χ3n) is 8.91. The Balaban J connectivity index is 3.77. The maximum absolute atomic E-state index is 12.1. The number of aliphatic hydroxyl groups excluding tert-OH is 1. The van der Waals surface area contributed by atoms with Crippen molar-refractivity contribution < 1.29 is 37.9 Å². The van der Waals surface area contributed by atoms with Crippen LogP contribution >= 0.6 is 7.82 Å². The number of nitrogens with one attached hydrogen (secondary N) is 1. The molecule has 2 atom stereocenters. The first-order chi connectivity index (χ1) is 29.8. The number of allylic oxidation sites excluding steroid dienone is 19. The number of phosphoric acid groups is 1. The van der Waals surface area contributed by atoms with Gasteiger partial charge >= 0.3 is 13.8 Å². The van der Waals surface area contributed by atoms with E-state index >= 15 is 0 Å². The molecular formula is C51H82NO8P. The van der Waals surface area contributed by atoms with Gasteiger partial charge < -0.3 is 20.1 Å². The fourth-order valence-corrected chi connectivity index (χ4v) is 6.23. The van der Waals surface area contributed by atoms with E-state index in [4.69, 9.17) is 13.8 Å². The third kappa shape index (κ3) is 47.3. The highest BCUT2D eigenvalue weighted by atomic mass is 31.2. The predicted molar refractivity (Wildman–Crippen MR) is 256 cm³/mol. The zero-order valence-electron chi connectivity index (χ0n) is 37.8. The van der Waals surface area contributed by atoms with Crippen LogP contribution in [0.3, 0.4) is 0 Å². The van der Waals surface area contributed by atoms with Crippen LogP contribution in [0.1, 0.15) is 155 Å². The van der Waals surface area contributed by atoms with E-state index in [9.17, 15) is 24.2 Å². The van der Waals surface area contributed by atoms with Gasteiger partial charge in [0.1, 0.15) is 12.7 Å². The average Bonchev–Trinajstić information content (AvgIpc) is 3.25. The number of carbonyl (C=O) groups excluding carboxylic acids is 2. The zero-order chi connectivity index (χ0) is 44.6. The van der Waals surface area contributed by atoms with Crippen LogP contribution in [-0.4, -0.2) is 54.3 Å². The smallest absolute Gasteiger partial charge is 0.463 e. The number of unbranched alkanes of at least 4 members (excludes halogenated alkanes) is 9. The molecule has 0 aromatic rings. The Morgan fingerprint density at radius 1 is 0.541 bits per heavy atom. The Morgan fingerprint density at radius 2 is 0.967 bits per heavy atom. The van der Waals surface area contributed by atoms with Gasteiger partial charge in [-0.05, 0) is 89.9 Å². The molecule has 0 aliphatic rings. The zero-order valence-corrected chi connectivity index (χ0v) is 38.7. The highest BCUT2D eigenvalue weighted by Crippen LogP contribution is 2.42. The number of ether oxygens (including phenoxy) is 1. The fourth-order valence-electron chi connectivity index (χ4n) is 5.47. The van der Waals surface area contributed by atoms with E-state index < -0.39 is 26.5 Å². The maximum Gasteiger partial charge on any atom is 0.472 e. The second-order valence-corrected chi connectivity index (χ2v) is 16.1. The highest BCUT2D eigenvalue weighted by Gasteiger charge is 2.23. The van der Waals surface area contributed by atoms with E-state index in [0.29, 0.717) is 12.8 Å². The van der Waals surface area contributed by atoms with Crippen molar-refractivity contribution in [3.63, 3.8) is 0 Å². The molecule has 2 unspecified atom stereocenters. The molecule has 0 aromatic heterocycles. The first kappa shape index (κ1) is 57.4. The number of amides is 1. The van der Waals surface area contributed by atoms with Gasteiger partial charge in [0.15, 0.2) is 0 Å². The van der Waals surface area contributed by atoms with Gasteiger partial charge in [0.2, 0.25) is 5.91 Å². The minimum Gasteiger partial charge on any atom is -0.463 e. The molecule has 0 spiro atoms. The topological polar surface area (TPSA) is 131 Å². The summed E-state index contributed by atoms with van der Waals surface area (Å²) >= 11 is 0. The summed E-state index contributed by atoms with van der Waals surface area (Å²) in [6.07, 6.45) is 62.9. The lowest BCUT2D eigenvalue weighted by Gasteiger charge is -2.15. The SMILES string of the molecule is CC/C=C\C/C=C\C/C=C\C/C=C\C/C=C\C/C=C\C/C=C\CC(=O)OCC(O)COP(=O)(O)OCCNC(=O)CCCCCCCC/C=C\C/C=C\C/C=C\CCCCC. The Kier molecular flexibility index (Phi) is 43.2. The van der Waals surface area contributed by atoms with Crippen molar-refractivity contribution in [2.24, 2.45) is 0 Å². The lowest BCUT2D eigenvalue weighted by Crippen LogP contribution is -2.27. The standard InChI is InChI=1S/C51H82NO8P/c1-3-5-7-9-11-13-15-17-19-21-23-24-26-28-30-32-34-36-38-40-42-44-51(55)58-47-49(53)48-60-61(56,57)59-46-45-52-50(54)43-41-39-37-35-33-31-29-27-25-22-20-18-16-14-12-10-8-6-4-2/h5,7,11-14,17-20,23-25,27-28,30,34,36,40,42,49,53H,3-4,6,8-10,15-16,21-22,26,29,31-33,35,37-39,41,43-48H2,1-2H3,(H,52,54)(H,56,57)/b7-5-,13-11-,14-12-,19-17-,20-18-,24-23-,27-25-,30-28-,36-34-,42-40-. The molecule has 0 saturated heterocycles. The number of esters is 1. The molecule has 0 fully saturated rings. The molecule has 0 saturated carbocycles. The lowest BCUT2D eigenvalue weighted by molar-refractivity contribution is -0.146. The summed E-state index contributed by atoms with van der Waals surface area (Å²) in [6, 6.07) is 0. The van der Waals surface area contributed by atoms with E-state index in [2.05, 4.69) is 122 Å². The van der Waals surface area contributed by atoms with Gasteiger partial charge in [-0.1, -0.05) is 174 Å². The van der Waals surface area contributed by atoms with Crippen LogP contribution in [0, 0.1) is 0 Å². The minimum absolute atomic E-state index is 0.0400. The number of carbonyl (C=O) groups is 2. The van der Waals surface area contributed by atoms with E-state index in [0.717, 1.165) is 83.5 Å². The van der Waals surface area contributed by atoms with E-state index in [1.165, 1.54) is 38.5 Å². The van der Waals surface area contributed by atoms with Crippen LogP contribution in [-0.2, 0) is 27.9 Å². The number of phosphoric ester groups is 1. The molecule has 0 rings (SSSR count). The Labute approximate surface area is 370 Å². The molecule has 61 heavy (non-hydrogen) atoms. The average molecular weight is 868 g/mol. The lowest BCUT2D eigenvalue weighted by atomic mass is 10.1. The molecule has 3 N–H and O–H groups in total. The molecule has 0 bridgehead atoms. The van der Waals surface area contributed by atoms with Gasteiger partial charge in [0.05, 0.1) is 19.6 Å². The van der Waals surface area contributed by atoms with E-state index in [-0.39, 0.29) is 32.1 Å². The van der Waals surface area contributed by atoms with Crippen molar-refractivity contribution in [2.45, 2.75) is 161 Å². The Morgan fingerprint density at radius 3 is 1.46 bits per heavy atom. The van der Waals surface area contributed by atoms with Crippen LogP contribution in [0.5, 0.6) is 0 Å². The first-order valence-electron chi connectivity index (χ1n) is 23.0. The van der Waals surface area contributed by atoms with Crippen LogP contribution in [0.2, 0.25) is 0 Å². The molecule has 10 heteroatoms. The minimum atomic E-state index is -4.45. The summed E-state index contributed by atoms with van der Waals surface area (Å²) < 4.78 is 26.8. The van der Waals surface area contributed by atoms with Gasteiger partial charge in [-0.3, -0.25) is 18.6 Å². The summed E-state index contributed by atoms with van der Waals surface area (Å²) in [5.41, 5.74) is 0. The molecule has 0 heterocycles. The second-order valence-electron chi connectivity index (χ2n) is 14.7. The van der Waals surface area contributed by atoms with Crippen molar-refractivity contribution in [1.82, 2.24) is 5.32 Å². The molecule has 0 aliphatic heterocycles. The number of hydrogen-bond donors (Lipinski definition) is 3. The quantitative estimate of drug-likeness (QED) is 0.0240. The number of rotatable bonds is 41. The fraction of sp³-hybridized carbons (Fsp3) is 0.569. The molecule has 9 nitrogen and oxygen atoms in total. The normalized spacial score (nSPS) is 14.4. The molecule has 0 radical (unpaired) electrons. The Hall–Kier alpha value is -3.59. The van der Waals surface area contributed by atoms with Gasteiger partial charge in [-0.15, -0.1) is 0 Å². The van der Waals surface area contributed by atoms with Crippen molar-refractivity contribution in [3.8, 4) is 0 Å². The van der Waals surface area contributed by atoms with Crippen molar-refractivity contribution in [2.75, 3.05) is 26.4 Å². The first-order valence-corrected chi connectivity index (χ1v) is 24.5. The maximum atomic E-state index is 12.1. The number of aliphatic hydroxyl groups is 1. The predicted octanol–water partition coefficient (Wildman–Crippen LogP) is 13.3. The van der Waals surface area contributed by atoms with Gasteiger partial charge in [-0.2, -0.15) is 0 Å². The van der Waals surface area contributed by atoms with Crippen LogP contribution in [0.25, 0.3) is 0 Å². The molecule has 0 aromatic carbocycles. The largest absolute Gasteiger partial charge is 0.472 e. The summed E-state index contributed by atoms with van der Waals surface area (Å²) in [5, 5.41) is 12.7. The molecule has 344 valence electrons. The summed E-state index contributed by atoms with van der Waals surface area (Å²) in [7, 11) is -4.45. The summed E-state index contributed by atoms with van der Waals surface area (Å²) in [6.45, 7) is 3.26. The molecule has 0 aliphatic carbocycles. The van der Waals surface area contributed by atoms with Crippen LogP contribution in [0.15, 0.2) is 122 Å². The van der Waals surface area contributed by atoms with E-state index in [1.807, 2.05) is 12.2 Å². The highest BCUT2D eigenvalue weighted by molar-refractivity contribution is 7.47. The van der Waals surface area contributed by atoms with Gasteiger partial charge in [0.25, 0.3) is 0 Å². The van der Waals surface area contributed by atoms with Crippen LogP contribution < -0.4 is 5.32 Å². The summed E-state index contributed by atoms with van der Waals surface area (Å²) in [4.78, 5) is 33.9. The van der Waals surface area contributed by atoms with Gasteiger partial charge in [0, 0.05) is 13.0 Å². The number of hydrogen-bond acceptors (Lipinski definition) is 7. The molecular weight excluding hydrogens is 786 g/mol. The Bertz CT molecular complexity index is 1400. The van der Waals surface area contributed by atoms with Crippen LogP contribution in [0.4, 0.5) is 0 Å². The monoisotopic (exact) mass is 868 g/mol. The van der Waals surface area contributed by atoms with Gasteiger partial charge in [-0.25, -0.2) is 4.57 Å². The van der Waals surface area contributed by atoms with Crippen molar-refractivity contribution in [3.05, 3.63) is 122 Å². The second kappa shape index (κ2) is 45.9. The van der Waals surface area contributed by atoms with E-state index in [1.54, 1.807) is 6.08 Å². The molecule has 1 amide bonds. The summed E-state index contributed by atoms with van der Waals surface area (Å²) in [5.74, 6) is -0.674. The van der Waals surface area contributed by atoms with Crippen molar-refractivity contribution in [1.29, 1.82) is 0 Å². The van der Waals surface area contributed by atoms with Crippen molar-refractivity contribution >= 4 is 19.7 Å².